The van der Waals surface area contributed by atoms with Crippen LogP contribution in [0.1, 0.15) is 27.6 Å². The number of carbonyl (C=O) groups excluding carboxylic acids is 1. The van der Waals surface area contributed by atoms with Gasteiger partial charge in [-0.25, -0.2) is 8.42 Å². The van der Waals surface area contributed by atoms with Crippen molar-refractivity contribution in [3.63, 3.8) is 0 Å². The largest absolute Gasteiger partial charge is 0.491 e. The predicted octanol–water partition coefficient (Wildman–Crippen LogP) is 4.75. The summed E-state index contributed by atoms with van der Waals surface area (Å²) in [5, 5.41) is 2.03. The summed E-state index contributed by atoms with van der Waals surface area (Å²) in [7, 11) is -3.86. The first-order valence-corrected chi connectivity index (χ1v) is 13.8. The summed E-state index contributed by atoms with van der Waals surface area (Å²) in [6, 6.07) is 16.2. The molecule has 0 bridgehead atoms. The number of fused-ring (bicyclic) bond motifs is 1. The molecular weight excluding hydrogens is 480 g/mol. The molecule has 1 aromatic heterocycles. The molecule has 0 saturated carbocycles. The van der Waals surface area contributed by atoms with Crippen molar-refractivity contribution in [3.8, 4) is 5.75 Å². The molecule has 6 nitrogen and oxygen atoms in total. The molecule has 0 saturated heterocycles. The van der Waals surface area contributed by atoms with Crippen LogP contribution in [0.5, 0.6) is 5.75 Å². The van der Waals surface area contributed by atoms with Crippen LogP contribution in [0.4, 0.5) is 0 Å². The molecule has 35 heavy (non-hydrogen) atoms. The molecular formula is C27H30N2O4S2. The Labute approximate surface area is 211 Å². The minimum Gasteiger partial charge on any atom is -0.491 e. The van der Waals surface area contributed by atoms with E-state index in [-0.39, 0.29) is 29.9 Å². The van der Waals surface area contributed by atoms with Crippen molar-refractivity contribution in [2.75, 3.05) is 26.2 Å². The van der Waals surface area contributed by atoms with Gasteiger partial charge in [0.1, 0.15) is 12.4 Å². The first-order chi connectivity index (χ1) is 16.8. The highest BCUT2D eigenvalue weighted by Gasteiger charge is 2.35. The Morgan fingerprint density at radius 2 is 1.91 bits per heavy atom. The maximum absolute atomic E-state index is 13.6. The standard InChI is InChI=1S/C27H30N2O4S2/c1-4-15-28(35(31,32)22-11-9-20(2)10-12-22)18-27(30)29-16-13-26-23(14-17-34-26)24(29)19-33-25-8-6-5-7-21(25)3/h4-12,14,17,24H,1,13,15-16,18-19H2,2-3H3/t24-/m0/s1. The summed E-state index contributed by atoms with van der Waals surface area (Å²) >= 11 is 1.68. The van der Waals surface area contributed by atoms with E-state index < -0.39 is 10.0 Å². The Balaban J connectivity index is 1.57. The highest BCUT2D eigenvalue weighted by molar-refractivity contribution is 7.89. The van der Waals surface area contributed by atoms with Crippen molar-refractivity contribution in [2.24, 2.45) is 0 Å². The van der Waals surface area contributed by atoms with Gasteiger partial charge >= 0.3 is 0 Å². The van der Waals surface area contributed by atoms with E-state index >= 15 is 0 Å². The number of para-hydroxylation sites is 1. The number of rotatable bonds is 9. The van der Waals surface area contributed by atoms with Gasteiger partial charge in [-0.15, -0.1) is 17.9 Å². The fourth-order valence-corrected chi connectivity index (χ4v) is 6.54. The van der Waals surface area contributed by atoms with Gasteiger partial charge in [-0.2, -0.15) is 4.31 Å². The maximum Gasteiger partial charge on any atom is 0.243 e. The maximum atomic E-state index is 13.6. The third kappa shape index (κ3) is 5.50. The molecule has 0 unspecified atom stereocenters. The monoisotopic (exact) mass is 510 g/mol. The van der Waals surface area contributed by atoms with Crippen LogP contribution in [-0.2, 0) is 21.2 Å². The van der Waals surface area contributed by atoms with Crippen molar-refractivity contribution in [3.05, 3.63) is 94.2 Å². The van der Waals surface area contributed by atoms with Gasteiger partial charge in [0.15, 0.2) is 0 Å². The zero-order valence-electron chi connectivity index (χ0n) is 20.0. The van der Waals surface area contributed by atoms with Gasteiger partial charge < -0.3 is 9.64 Å². The van der Waals surface area contributed by atoms with E-state index in [0.717, 1.165) is 28.9 Å². The highest BCUT2D eigenvalue weighted by Crippen LogP contribution is 2.34. The molecule has 8 heteroatoms. The second-order valence-electron chi connectivity index (χ2n) is 8.63. The molecule has 0 N–H and O–H groups in total. The van der Waals surface area contributed by atoms with E-state index in [1.54, 1.807) is 40.5 Å². The van der Waals surface area contributed by atoms with Crippen LogP contribution in [-0.4, -0.2) is 49.8 Å². The Bertz CT molecular complexity index is 1300. The fraction of sp³-hybridized carbons (Fsp3) is 0.296. The minimum absolute atomic E-state index is 0.0455. The van der Waals surface area contributed by atoms with E-state index in [4.69, 9.17) is 4.74 Å². The first kappa shape index (κ1) is 25.2. The topological polar surface area (TPSA) is 66.9 Å². The molecule has 4 rings (SSSR count). The second kappa shape index (κ2) is 10.8. The van der Waals surface area contributed by atoms with Crippen LogP contribution < -0.4 is 4.74 Å². The van der Waals surface area contributed by atoms with Gasteiger partial charge in [-0.3, -0.25) is 4.79 Å². The third-order valence-electron chi connectivity index (χ3n) is 6.21. The molecule has 2 aromatic carbocycles. The molecule has 0 radical (unpaired) electrons. The molecule has 2 heterocycles. The van der Waals surface area contributed by atoms with Crippen LogP contribution in [0, 0.1) is 13.8 Å². The lowest BCUT2D eigenvalue weighted by atomic mass is 10.0. The van der Waals surface area contributed by atoms with Crippen LogP contribution in [0.2, 0.25) is 0 Å². The van der Waals surface area contributed by atoms with Gasteiger partial charge in [0, 0.05) is 18.0 Å². The van der Waals surface area contributed by atoms with Crippen molar-refractivity contribution < 1.29 is 17.9 Å². The lowest BCUT2D eigenvalue weighted by Crippen LogP contribution is -2.47. The average Bonchev–Trinajstić information content (AvgIpc) is 3.32. The third-order valence-corrected chi connectivity index (χ3v) is 9.03. The van der Waals surface area contributed by atoms with E-state index in [9.17, 15) is 13.2 Å². The fourth-order valence-electron chi connectivity index (χ4n) is 4.25. The van der Waals surface area contributed by atoms with Gasteiger partial charge in [0.2, 0.25) is 15.9 Å². The number of ether oxygens (including phenoxy) is 1. The quantitative estimate of drug-likeness (QED) is 0.390. The van der Waals surface area contributed by atoms with Gasteiger partial charge in [0.25, 0.3) is 0 Å². The molecule has 1 atom stereocenters. The van der Waals surface area contributed by atoms with Crippen molar-refractivity contribution in [2.45, 2.75) is 31.2 Å². The number of benzene rings is 2. The number of hydrogen-bond donors (Lipinski definition) is 0. The van der Waals surface area contributed by atoms with Crippen molar-refractivity contribution in [1.82, 2.24) is 9.21 Å². The summed E-state index contributed by atoms with van der Waals surface area (Å²) in [4.78, 5) is 16.7. The summed E-state index contributed by atoms with van der Waals surface area (Å²) < 4.78 is 34.0. The predicted molar refractivity (Wildman–Crippen MR) is 139 cm³/mol. The Kier molecular flexibility index (Phi) is 7.74. The van der Waals surface area contributed by atoms with Gasteiger partial charge in [-0.05, 0) is 61.0 Å². The van der Waals surface area contributed by atoms with E-state index in [1.807, 2.05) is 49.6 Å². The summed E-state index contributed by atoms with van der Waals surface area (Å²) in [6.45, 7) is 8.18. The molecule has 1 aliphatic heterocycles. The van der Waals surface area contributed by atoms with Gasteiger partial charge in [0.05, 0.1) is 17.5 Å². The second-order valence-corrected chi connectivity index (χ2v) is 11.6. The smallest absolute Gasteiger partial charge is 0.243 e. The number of amides is 1. The lowest BCUT2D eigenvalue weighted by molar-refractivity contribution is -0.135. The number of nitrogens with zero attached hydrogens (tertiary/aromatic N) is 2. The van der Waals surface area contributed by atoms with Crippen LogP contribution in [0.15, 0.2) is 77.5 Å². The Morgan fingerprint density at radius 3 is 2.63 bits per heavy atom. The average molecular weight is 511 g/mol. The normalized spacial score (nSPS) is 15.6. The zero-order valence-corrected chi connectivity index (χ0v) is 21.6. The first-order valence-electron chi connectivity index (χ1n) is 11.5. The van der Waals surface area contributed by atoms with Gasteiger partial charge in [-0.1, -0.05) is 42.0 Å². The zero-order chi connectivity index (χ0) is 25.0. The Morgan fingerprint density at radius 1 is 1.17 bits per heavy atom. The van der Waals surface area contributed by atoms with E-state index in [2.05, 4.69) is 6.58 Å². The van der Waals surface area contributed by atoms with E-state index in [1.165, 1.54) is 15.3 Å². The Hall–Kier alpha value is -2.94. The lowest BCUT2D eigenvalue weighted by Gasteiger charge is -2.37. The van der Waals surface area contributed by atoms with Crippen LogP contribution in [0.25, 0.3) is 0 Å². The molecule has 1 aliphatic rings. The summed E-state index contributed by atoms with van der Waals surface area (Å²) in [6.07, 6.45) is 2.25. The number of sulfonamides is 1. The summed E-state index contributed by atoms with van der Waals surface area (Å²) in [5.41, 5.74) is 3.06. The van der Waals surface area contributed by atoms with E-state index in [0.29, 0.717) is 13.2 Å². The SMILES string of the molecule is C=CCN(CC(=O)N1CCc2sccc2[C@@H]1COc1ccccc1C)S(=O)(=O)c1ccc(C)cc1. The summed E-state index contributed by atoms with van der Waals surface area (Å²) in [5.74, 6) is 0.523. The number of thiophene rings is 1. The van der Waals surface area contributed by atoms with Crippen molar-refractivity contribution >= 4 is 27.3 Å². The minimum atomic E-state index is -3.86. The molecule has 3 aromatic rings. The van der Waals surface area contributed by atoms with Crippen LogP contribution in [0.3, 0.4) is 0 Å². The molecule has 0 aliphatic carbocycles. The van der Waals surface area contributed by atoms with Crippen LogP contribution >= 0.6 is 11.3 Å². The number of aryl methyl sites for hydroxylation is 2. The molecule has 0 fully saturated rings. The number of carbonyl (C=O) groups is 1. The molecule has 1 amide bonds. The number of hydrogen-bond acceptors (Lipinski definition) is 5. The highest BCUT2D eigenvalue weighted by atomic mass is 32.2. The molecule has 0 spiro atoms. The van der Waals surface area contributed by atoms with Crippen molar-refractivity contribution in [1.29, 1.82) is 0 Å². The molecule has 184 valence electrons.